The minimum atomic E-state index is -0.708. The number of hydrogen-bond donors (Lipinski definition) is 1. The first-order valence-corrected chi connectivity index (χ1v) is 9.70. The molecule has 0 aromatic heterocycles. The third kappa shape index (κ3) is 4.27. The van der Waals surface area contributed by atoms with Gasteiger partial charge in [-0.15, -0.1) is 0 Å². The van der Waals surface area contributed by atoms with E-state index in [2.05, 4.69) is 43.3 Å². The summed E-state index contributed by atoms with van der Waals surface area (Å²) in [4.78, 5) is 2.14. The quantitative estimate of drug-likeness (QED) is 0.789. The molecular formula is C23H30FNO. The van der Waals surface area contributed by atoms with E-state index in [1.807, 2.05) is 12.1 Å². The van der Waals surface area contributed by atoms with Crippen LogP contribution in [0.2, 0.25) is 0 Å². The minimum Gasteiger partial charge on any atom is -0.390 e. The maximum atomic E-state index is 14.0. The minimum absolute atomic E-state index is 0.165. The van der Waals surface area contributed by atoms with E-state index in [0.29, 0.717) is 18.4 Å². The van der Waals surface area contributed by atoms with Crippen LogP contribution in [0.15, 0.2) is 48.5 Å². The molecule has 26 heavy (non-hydrogen) atoms. The molecule has 0 spiro atoms. The number of aliphatic hydroxyl groups is 1. The lowest BCUT2D eigenvalue weighted by Crippen LogP contribution is -2.42. The molecule has 2 aromatic carbocycles. The average molecular weight is 355 g/mol. The predicted octanol–water partition coefficient (Wildman–Crippen LogP) is 4.99. The standard InChI is InChI=1S/C23H30FNO/c1-25(2)22-13-6-4-10-19(22)17-20-11-7-8-15-23(20,26)16-14-18-9-3-5-12-21(18)24/h3-6,9-10,12-13,20,26H,7-8,11,14-17H2,1-2H3. The monoisotopic (exact) mass is 355 g/mol. The van der Waals surface area contributed by atoms with Gasteiger partial charge in [0, 0.05) is 19.8 Å². The Kier molecular flexibility index (Phi) is 5.98. The van der Waals surface area contributed by atoms with E-state index in [0.717, 1.165) is 32.1 Å². The first kappa shape index (κ1) is 18.9. The molecule has 3 heteroatoms. The molecule has 0 bridgehead atoms. The van der Waals surface area contributed by atoms with Crippen molar-refractivity contribution in [3.8, 4) is 0 Å². The van der Waals surface area contributed by atoms with Gasteiger partial charge in [-0.1, -0.05) is 49.2 Å². The molecule has 0 heterocycles. The van der Waals surface area contributed by atoms with Crippen molar-refractivity contribution >= 4 is 5.69 Å². The van der Waals surface area contributed by atoms with E-state index in [4.69, 9.17) is 0 Å². The number of aryl methyl sites for hydroxylation is 1. The predicted molar refractivity (Wildman–Crippen MR) is 106 cm³/mol. The smallest absolute Gasteiger partial charge is 0.126 e. The molecule has 2 unspecified atom stereocenters. The molecule has 1 fully saturated rings. The number of hydrogen-bond acceptors (Lipinski definition) is 2. The second kappa shape index (κ2) is 8.22. The Labute approximate surface area is 156 Å². The Balaban J connectivity index is 1.76. The summed E-state index contributed by atoms with van der Waals surface area (Å²) in [6, 6.07) is 15.4. The number of benzene rings is 2. The topological polar surface area (TPSA) is 23.5 Å². The molecule has 0 amide bonds. The molecule has 0 saturated heterocycles. The fourth-order valence-electron chi connectivity index (χ4n) is 4.35. The van der Waals surface area contributed by atoms with Gasteiger partial charge in [0.1, 0.15) is 5.82 Å². The van der Waals surface area contributed by atoms with Gasteiger partial charge < -0.3 is 10.0 Å². The van der Waals surface area contributed by atoms with Crippen LogP contribution in [0.25, 0.3) is 0 Å². The zero-order valence-electron chi connectivity index (χ0n) is 15.9. The van der Waals surface area contributed by atoms with Crippen LogP contribution >= 0.6 is 0 Å². The summed E-state index contributed by atoms with van der Waals surface area (Å²) in [6.07, 6.45) is 6.17. The Hall–Kier alpha value is -1.87. The zero-order chi connectivity index (χ0) is 18.6. The molecule has 2 nitrogen and oxygen atoms in total. The highest BCUT2D eigenvalue weighted by molar-refractivity contribution is 5.52. The highest BCUT2D eigenvalue weighted by atomic mass is 19.1. The second-order valence-electron chi connectivity index (χ2n) is 7.86. The Morgan fingerprint density at radius 3 is 2.46 bits per heavy atom. The van der Waals surface area contributed by atoms with Gasteiger partial charge in [0.2, 0.25) is 0 Å². The van der Waals surface area contributed by atoms with Crippen LogP contribution in [0.3, 0.4) is 0 Å². The summed E-state index contributed by atoms with van der Waals surface area (Å²) >= 11 is 0. The van der Waals surface area contributed by atoms with Crippen LogP contribution in [-0.4, -0.2) is 24.8 Å². The van der Waals surface area contributed by atoms with Gasteiger partial charge in [-0.3, -0.25) is 0 Å². The van der Waals surface area contributed by atoms with Crippen molar-refractivity contribution < 1.29 is 9.50 Å². The number of nitrogens with zero attached hydrogens (tertiary/aromatic N) is 1. The molecule has 1 N–H and O–H groups in total. The average Bonchev–Trinajstić information content (AvgIpc) is 2.63. The number of halogens is 1. The maximum absolute atomic E-state index is 14.0. The summed E-state index contributed by atoms with van der Waals surface area (Å²) in [6.45, 7) is 0. The van der Waals surface area contributed by atoms with Gasteiger partial charge in [-0.05, 0) is 61.3 Å². The van der Waals surface area contributed by atoms with Crippen molar-refractivity contribution in [2.24, 2.45) is 5.92 Å². The van der Waals surface area contributed by atoms with E-state index >= 15 is 0 Å². The summed E-state index contributed by atoms with van der Waals surface area (Å²) in [7, 11) is 4.12. The normalized spacial score (nSPS) is 23.0. The number of para-hydroxylation sites is 1. The first-order chi connectivity index (χ1) is 12.5. The molecule has 2 aromatic rings. The number of rotatable bonds is 6. The van der Waals surface area contributed by atoms with Crippen molar-refractivity contribution in [3.63, 3.8) is 0 Å². The molecule has 1 aliphatic carbocycles. The number of anilines is 1. The van der Waals surface area contributed by atoms with Crippen molar-refractivity contribution in [1.82, 2.24) is 0 Å². The van der Waals surface area contributed by atoms with Crippen molar-refractivity contribution in [2.75, 3.05) is 19.0 Å². The van der Waals surface area contributed by atoms with E-state index in [9.17, 15) is 9.50 Å². The van der Waals surface area contributed by atoms with Crippen LogP contribution in [0, 0.1) is 11.7 Å². The Morgan fingerprint density at radius 1 is 1.04 bits per heavy atom. The fourth-order valence-corrected chi connectivity index (χ4v) is 4.35. The van der Waals surface area contributed by atoms with Crippen LogP contribution < -0.4 is 4.90 Å². The molecule has 1 saturated carbocycles. The van der Waals surface area contributed by atoms with Crippen LogP contribution in [0.1, 0.15) is 43.2 Å². The van der Waals surface area contributed by atoms with Crippen LogP contribution in [0.4, 0.5) is 10.1 Å². The summed E-state index contributed by atoms with van der Waals surface area (Å²) < 4.78 is 14.0. The molecule has 2 atom stereocenters. The summed E-state index contributed by atoms with van der Waals surface area (Å²) in [5.41, 5.74) is 2.50. The van der Waals surface area contributed by atoms with Crippen molar-refractivity contribution in [1.29, 1.82) is 0 Å². The lowest BCUT2D eigenvalue weighted by molar-refractivity contribution is -0.0545. The Bertz CT molecular complexity index is 730. The Morgan fingerprint density at radius 2 is 1.73 bits per heavy atom. The zero-order valence-corrected chi connectivity index (χ0v) is 15.9. The van der Waals surface area contributed by atoms with Crippen molar-refractivity contribution in [2.45, 2.75) is 50.5 Å². The molecule has 3 rings (SSSR count). The third-order valence-electron chi connectivity index (χ3n) is 5.90. The van der Waals surface area contributed by atoms with Gasteiger partial charge in [-0.25, -0.2) is 4.39 Å². The van der Waals surface area contributed by atoms with E-state index < -0.39 is 5.60 Å². The van der Waals surface area contributed by atoms with Gasteiger partial charge >= 0.3 is 0 Å². The molecule has 1 aliphatic rings. The van der Waals surface area contributed by atoms with E-state index in [-0.39, 0.29) is 11.7 Å². The summed E-state index contributed by atoms with van der Waals surface area (Å²) in [5, 5.41) is 11.4. The van der Waals surface area contributed by atoms with Crippen molar-refractivity contribution in [3.05, 3.63) is 65.5 Å². The highest BCUT2D eigenvalue weighted by Crippen LogP contribution is 2.40. The molecule has 0 radical (unpaired) electrons. The highest BCUT2D eigenvalue weighted by Gasteiger charge is 2.38. The van der Waals surface area contributed by atoms with Gasteiger partial charge in [0.25, 0.3) is 0 Å². The molecular weight excluding hydrogens is 325 g/mol. The fraction of sp³-hybridized carbons (Fsp3) is 0.478. The van der Waals surface area contributed by atoms with Crippen LogP contribution in [0.5, 0.6) is 0 Å². The molecule has 0 aliphatic heterocycles. The second-order valence-corrected chi connectivity index (χ2v) is 7.86. The van der Waals surface area contributed by atoms with E-state index in [1.54, 1.807) is 6.07 Å². The van der Waals surface area contributed by atoms with Gasteiger partial charge in [0.05, 0.1) is 5.60 Å². The summed E-state index contributed by atoms with van der Waals surface area (Å²) in [5.74, 6) is 0.0607. The lowest BCUT2D eigenvalue weighted by Gasteiger charge is -2.41. The molecule has 140 valence electrons. The third-order valence-corrected chi connectivity index (χ3v) is 5.90. The first-order valence-electron chi connectivity index (χ1n) is 9.70. The maximum Gasteiger partial charge on any atom is 0.126 e. The van der Waals surface area contributed by atoms with Crippen LogP contribution in [-0.2, 0) is 12.8 Å². The largest absolute Gasteiger partial charge is 0.390 e. The SMILES string of the molecule is CN(C)c1ccccc1CC1CCCCC1(O)CCc1ccccc1F. The van der Waals surface area contributed by atoms with E-state index in [1.165, 1.54) is 17.3 Å². The van der Waals surface area contributed by atoms with Gasteiger partial charge in [-0.2, -0.15) is 0 Å². The lowest BCUT2D eigenvalue weighted by atomic mass is 9.70. The van der Waals surface area contributed by atoms with Gasteiger partial charge in [0.15, 0.2) is 0 Å².